The number of ether oxygens (including phenoxy) is 3. The van der Waals surface area contributed by atoms with E-state index in [1.807, 2.05) is 0 Å². The smallest absolute Gasteiger partial charge is 0.340 e. The van der Waals surface area contributed by atoms with E-state index in [2.05, 4.69) is 20.7 Å². The molecule has 1 fully saturated rings. The van der Waals surface area contributed by atoms with Crippen LogP contribution in [-0.4, -0.2) is 58.7 Å². The van der Waals surface area contributed by atoms with Gasteiger partial charge in [0.2, 0.25) is 11.7 Å². The van der Waals surface area contributed by atoms with Gasteiger partial charge in [-0.25, -0.2) is 25.2 Å². The van der Waals surface area contributed by atoms with Crippen molar-refractivity contribution < 1.29 is 28.9 Å². The van der Waals surface area contributed by atoms with Crippen molar-refractivity contribution in [2.75, 3.05) is 26.6 Å². The molecule has 1 aliphatic heterocycles. The van der Waals surface area contributed by atoms with Gasteiger partial charge in [0.25, 0.3) is 5.91 Å². The number of alkyl halides is 1. The molecule has 4 aromatic rings. The third-order valence-corrected chi connectivity index (χ3v) is 7.24. The van der Waals surface area contributed by atoms with Crippen molar-refractivity contribution in [1.29, 1.82) is 0 Å². The molecule has 2 atom stereocenters. The summed E-state index contributed by atoms with van der Waals surface area (Å²) in [6.45, 7) is 0. The number of methoxy groups -OCH3 is 3. The number of rotatable bonds is 8. The van der Waals surface area contributed by atoms with Gasteiger partial charge in [-0.1, -0.05) is 41.9 Å². The van der Waals surface area contributed by atoms with Crippen LogP contribution in [0, 0.1) is 0 Å². The molecule has 0 bridgehead atoms. The highest BCUT2D eigenvalue weighted by Gasteiger charge is 2.49. The van der Waals surface area contributed by atoms with Crippen molar-refractivity contribution in [3.63, 3.8) is 0 Å². The number of hydrogen-bond acceptors (Lipinski definition) is 8. The number of aromatic nitrogens is 2. The zero-order valence-electron chi connectivity index (χ0n) is 22.6. The summed E-state index contributed by atoms with van der Waals surface area (Å²) < 4.78 is 16.4. The summed E-state index contributed by atoms with van der Waals surface area (Å²) >= 11 is 12.3. The molecular weight excluding hydrogens is 585 g/mol. The number of carbonyl (C=O) groups is 2. The van der Waals surface area contributed by atoms with Crippen LogP contribution in [0.5, 0.6) is 23.0 Å². The maximum atomic E-state index is 13.1. The first-order chi connectivity index (χ1) is 20.2. The fourth-order valence-corrected chi connectivity index (χ4v) is 4.98. The number of aromatic hydroxyl groups is 1. The van der Waals surface area contributed by atoms with Crippen molar-refractivity contribution in [3.8, 4) is 45.5 Å². The molecule has 3 amide bonds. The molecule has 2 heterocycles. The normalized spacial score (nSPS) is 15.9. The lowest BCUT2D eigenvalue weighted by molar-refractivity contribution is -0.149. The molecule has 2 unspecified atom stereocenters. The van der Waals surface area contributed by atoms with Crippen LogP contribution in [0.3, 0.4) is 0 Å². The number of β-lactam (4-membered cyclic amide) rings is 1. The van der Waals surface area contributed by atoms with Gasteiger partial charge in [0.15, 0.2) is 11.5 Å². The quantitative estimate of drug-likeness (QED) is 0.178. The highest BCUT2D eigenvalue weighted by molar-refractivity contribution is 6.33. The Balaban J connectivity index is 1.49. The summed E-state index contributed by atoms with van der Waals surface area (Å²) in [4.78, 5) is 34.6. The molecule has 11 nitrogen and oxygen atoms in total. The minimum Gasteiger partial charge on any atom is -0.508 e. The molecule has 0 spiro atoms. The van der Waals surface area contributed by atoms with E-state index in [9.17, 15) is 14.7 Å². The predicted molar refractivity (Wildman–Crippen MR) is 157 cm³/mol. The van der Waals surface area contributed by atoms with E-state index >= 15 is 0 Å². The molecule has 1 aliphatic rings. The van der Waals surface area contributed by atoms with E-state index in [1.165, 1.54) is 27.4 Å². The Morgan fingerprint density at radius 1 is 0.905 bits per heavy atom. The molecule has 0 saturated carbocycles. The maximum Gasteiger partial charge on any atom is 0.340 e. The summed E-state index contributed by atoms with van der Waals surface area (Å²) in [5, 5.41) is 13.5. The zero-order valence-corrected chi connectivity index (χ0v) is 24.1. The number of phenolic OH excluding ortho intramolecular Hbond substituents is 1. The SMILES string of the molecule is COc1cc(-c2cc(-c3ccc(Cl)cc3)nc(NC(=O)NN3C(=O)C(Cl)C3c3ccccc3O)n2)cc(OC)c1OC. The summed E-state index contributed by atoms with van der Waals surface area (Å²) in [6.07, 6.45) is 0. The average molecular weight is 610 g/mol. The van der Waals surface area contributed by atoms with E-state index < -0.39 is 23.4 Å². The standard InChI is InChI=1S/C29H25Cl2N5O6/c1-40-22-12-16(13-23(41-2)26(22)42-3)20-14-19(15-8-10-17(30)11-9-15)32-28(33-20)34-29(39)35-36-25(24(31)27(36)38)18-6-4-5-7-21(18)37/h4-14,24-25,37H,1-3H3,(H2,32,33,34,35,39). The summed E-state index contributed by atoms with van der Waals surface area (Å²) in [6, 6.07) is 17.0. The number of benzene rings is 3. The Bertz CT molecular complexity index is 1630. The van der Waals surface area contributed by atoms with Crippen molar-refractivity contribution >= 4 is 41.1 Å². The van der Waals surface area contributed by atoms with Gasteiger partial charge >= 0.3 is 6.03 Å². The molecule has 3 aromatic carbocycles. The molecule has 13 heteroatoms. The van der Waals surface area contributed by atoms with E-state index in [0.717, 1.165) is 5.01 Å². The van der Waals surface area contributed by atoms with E-state index in [1.54, 1.807) is 60.7 Å². The van der Waals surface area contributed by atoms with E-state index in [-0.39, 0.29) is 11.7 Å². The first-order valence-electron chi connectivity index (χ1n) is 12.5. The van der Waals surface area contributed by atoms with Crippen molar-refractivity contribution in [2.24, 2.45) is 0 Å². The Morgan fingerprint density at radius 2 is 1.52 bits per heavy atom. The fourth-order valence-electron chi connectivity index (χ4n) is 4.50. The highest BCUT2D eigenvalue weighted by Crippen LogP contribution is 2.42. The second-order valence-corrected chi connectivity index (χ2v) is 9.97. The van der Waals surface area contributed by atoms with Gasteiger partial charge in [-0.3, -0.25) is 10.1 Å². The summed E-state index contributed by atoms with van der Waals surface area (Å²) in [5.41, 5.74) is 5.08. The number of nitrogens with one attached hydrogen (secondary N) is 2. The monoisotopic (exact) mass is 609 g/mol. The lowest BCUT2D eigenvalue weighted by Crippen LogP contribution is -2.63. The highest BCUT2D eigenvalue weighted by atomic mass is 35.5. The first-order valence-corrected chi connectivity index (χ1v) is 13.3. The molecule has 3 N–H and O–H groups in total. The number of urea groups is 1. The molecule has 5 rings (SSSR count). The van der Waals surface area contributed by atoms with Crippen LogP contribution in [0.1, 0.15) is 11.6 Å². The maximum absolute atomic E-state index is 13.1. The first kappa shape index (κ1) is 28.8. The number of nitrogens with zero attached hydrogens (tertiary/aromatic N) is 3. The third kappa shape index (κ3) is 5.56. The lowest BCUT2D eigenvalue weighted by Gasteiger charge is -2.43. The van der Waals surface area contributed by atoms with Gasteiger partial charge in [0, 0.05) is 21.7 Å². The van der Waals surface area contributed by atoms with Crippen molar-refractivity contribution in [2.45, 2.75) is 11.4 Å². The van der Waals surface area contributed by atoms with Crippen molar-refractivity contribution in [3.05, 3.63) is 77.3 Å². The number of para-hydroxylation sites is 1. The molecule has 1 saturated heterocycles. The van der Waals surface area contributed by atoms with Crippen molar-refractivity contribution in [1.82, 2.24) is 20.4 Å². The van der Waals surface area contributed by atoms with Crippen LogP contribution in [0.2, 0.25) is 5.02 Å². The second-order valence-electron chi connectivity index (χ2n) is 9.06. The number of phenols is 1. The molecular formula is C29H25Cl2N5O6. The minimum absolute atomic E-state index is 0.0538. The number of hydrazine groups is 1. The molecule has 0 aliphatic carbocycles. The lowest BCUT2D eigenvalue weighted by atomic mass is 9.94. The number of carbonyl (C=O) groups excluding carboxylic acids is 2. The van der Waals surface area contributed by atoms with Gasteiger partial charge in [-0.15, -0.1) is 11.6 Å². The van der Waals surface area contributed by atoms with Crippen LogP contribution in [0.4, 0.5) is 10.7 Å². The second kappa shape index (κ2) is 12.0. The molecule has 216 valence electrons. The van der Waals surface area contributed by atoms with E-state index in [0.29, 0.717) is 50.3 Å². The molecule has 42 heavy (non-hydrogen) atoms. The van der Waals surface area contributed by atoms with Crippen LogP contribution in [0.15, 0.2) is 66.7 Å². The van der Waals surface area contributed by atoms with Gasteiger partial charge in [-0.05, 0) is 36.4 Å². The van der Waals surface area contributed by atoms with Crippen LogP contribution in [0.25, 0.3) is 22.5 Å². The topological polar surface area (TPSA) is 135 Å². The zero-order chi connectivity index (χ0) is 30.0. The predicted octanol–water partition coefficient (Wildman–Crippen LogP) is 5.42. The number of hydrogen-bond donors (Lipinski definition) is 3. The van der Waals surface area contributed by atoms with Crippen LogP contribution >= 0.6 is 23.2 Å². The summed E-state index contributed by atoms with van der Waals surface area (Å²) in [5.74, 6) is 0.583. The minimum atomic E-state index is -0.963. The Morgan fingerprint density at radius 3 is 2.12 bits per heavy atom. The van der Waals surface area contributed by atoms with Crippen LogP contribution < -0.4 is 25.0 Å². The fraction of sp³-hybridized carbons (Fsp3) is 0.172. The van der Waals surface area contributed by atoms with E-state index in [4.69, 9.17) is 37.4 Å². The van der Waals surface area contributed by atoms with Gasteiger partial charge < -0.3 is 19.3 Å². The number of anilines is 1. The summed E-state index contributed by atoms with van der Waals surface area (Å²) in [7, 11) is 4.51. The third-order valence-electron chi connectivity index (χ3n) is 6.56. The Kier molecular flexibility index (Phi) is 8.23. The molecule has 0 radical (unpaired) electrons. The largest absolute Gasteiger partial charge is 0.508 e. The van der Waals surface area contributed by atoms with Gasteiger partial charge in [0.1, 0.15) is 17.2 Å². The Labute approximate surface area is 250 Å². The Hall–Kier alpha value is -4.74. The number of halogens is 2. The molecule has 1 aromatic heterocycles. The average Bonchev–Trinajstić information content (AvgIpc) is 3.00. The number of amides is 3. The van der Waals surface area contributed by atoms with Gasteiger partial charge in [-0.2, -0.15) is 0 Å². The van der Waals surface area contributed by atoms with Crippen LogP contribution in [-0.2, 0) is 4.79 Å². The van der Waals surface area contributed by atoms with Gasteiger partial charge in [0.05, 0.1) is 32.7 Å².